The van der Waals surface area contributed by atoms with E-state index in [0.29, 0.717) is 0 Å². The van der Waals surface area contributed by atoms with Crippen LogP contribution in [0.4, 0.5) is 17.1 Å². The predicted molar refractivity (Wildman–Crippen MR) is 143 cm³/mol. The first-order valence-corrected chi connectivity index (χ1v) is 11.3. The molecule has 0 bridgehead atoms. The number of nitrogens with zero attached hydrogens (tertiary/aromatic N) is 2. The quantitative estimate of drug-likeness (QED) is 0.129. The molecule has 0 aliphatic rings. The van der Waals surface area contributed by atoms with Crippen LogP contribution in [0.3, 0.4) is 0 Å². The zero-order valence-corrected chi connectivity index (χ0v) is 23.5. The van der Waals surface area contributed by atoms with Gasteiger partial charge in [0.15, 0.2) is 5.78 Å². The molecule has 6 nitrogen and oxygen atoms in total. The van der Waals surface area contributed by atoms with Crippen LogP contribution in [0.2, 0.25) is 0 Å². The third kappa shape index (κ3) is 8.31. The Hall–Kier alpha value is -3.93. The SMILES string of the molecule is CC(=O)/C=C(/C)O.COc1ccnc(-c2[c-]cc(OC)cc2N(c2ccccc2)c2ccccc2)c1.[Ir]. The van der Waals surface area contributed by atoms with Gasteiger partial charge in [-0.05, 0) is 61.6 Å². The summed E-state index contributed by atoms with van der Waals surface area (Å²) in [5.41, 5.74) is 4.62. The van der Waals surface area contributed by atoms with Crippen molar-refractivity contribution in [3.05, 3.63) is 109 Å². The van der Waals surface area contributed by atoms with E-state index in [-0.39, 0.29) is 31.6 Å². The van der Waals surface area contributed by atoms with Gasteiger partial charge in [-0.15, -0.1) is 17.7 Å². The molecule has 3 aromatic carbocycles. The molecule has 0 unspecified atom stereocenters. The van der Waals surface area contributed by atoms with Gasteiger partial charge in [-0.3, -0.25) is 4.79 Å². The molecule has 4 aromatic rings. The van der Waals surface area contributed by atoms with Gasteiger partial charge in [-0.25, -0.2) is 0 Å². The minimum absolute atomic E-state index is 0. The topological polar surface area (TPSA) is 71.9 Å². The molecule has 0 atom stereocenters. The molecule has 1 heterocycles. The Morgan fingerprint density at radius 1 is 0.892 bits per heavy atom. The number of benzene rings is 3. The second-order valence-corrected chi connectivity index (χ2v) is 7.78. The van der Waals surface area contributed by atoms with Gasteiger partial charge < -0.3 is 24.5 Å². The average Bonchev–Trinajstić information content (AvgIpc) is 2.89. The summed E-state index contributed by atoms with van der Waals surface area (Å²) in [5, 5.41) is 8.36. The average molecular weight is 674 g/mol. The number of methoxy groups -OCH3 is 2. The number of hydrogen-bond acceptors (Lipinski definition) is 6. The molecule has 193 valence electrons. The summed E-state index contributed by atoms with van der Waals surface area (Å²) >= 11 is 0. The summed E-state index contributed by atoms with van der Waals surface area (Å²) in [7, 11) is 3.31. The van der Waals surface area contributed by atoms with Gasteiger partial charge in [0.2, 0.25) is 0 Å². The standard InChI is InChI=1S/C25H21N2O2.C5H8O2.Ir/c1-28-21-13-14-23(24-17-22(29-2)15-16-26-24)25(18-21)27(19-9-5-3-6-10-19)20-11-7-4-8-12-20;1-4(6)3-5(2)7;/h3-13,15-18H,1-2H3;3,6H,1-2H3;/q-1;;/b;4-3-;. The third-order valence-electron chi connectivity index (χ3n) is 5.03. The molecule has 37 heavy (non-hydrogen) atoms. The van der Waals surface area contributed by atoms with E-state index in [1.54, 1.807) is 20.4 Å². The van der Waals surface area contributed by atoms with E-state index < -0.39 is 0 Å². The molecular weight excluding hydrogens is 645 g/mol. The molecule has 0 aliphatic carbocycles. The van der Waals surface area contributed by atoms with Crippen molar-refractivity contribution in [2.24, 2.45) is 0 Å². The van der Waals surface area contributed by atoms with Crippen molar-refractivity contribution in [2.45, 2.75) is 13.8 Å². The van der Waals surface area contributed by atoms with Gasteiger partial charge in [-0.2, -0.15) is 0 Å². The van der Waals surface area contributed by atoms with Crippen LogP contribution in [-0.2, 0) is 24.9 Å². The minimum atomic E-state index is -0.125. The molecule has 0 aliphatic heterocycles. The van der Waals surface area contributed by atoms with Crippen molar-refractivity contribution in [1.82, 2.24) is 4.98 Å². The van der Waals surface area contributed by atoms with E-state index in [1.165, 1.54) is 19.9 Å². The van der Waals surface area contributed by atoms with Gasteiger partial charge in [0.1, 0.15) is 5.75 Å². The van der Waals surface area contributed by atoms with E-state index in [4.69, 9.17) is 14.6 Å². The number of allylic oxidation sites excluding steroid dienone is 2. The number of carbonyl (C=O) groups is 1. The van der Waals surface area contributed by atoms with E-state index in [0.717, 1.165) is 39.8 Å². The number of ether oxygens (including phenoxy) is 2. The van der Waals surface area contributed by atoms with E-state index in [2.05, 4.69) is 40.2 Å². The summed E-state index contributed by atoms with van der Waals surface area (Å²) in [5.74, 6) is 1.41. The van der Waals surface area contributed by atoms with Crippen molar-refractivity contribution in [3.8, 4) is 22.8 Å². The van der Waals surface area contributed by atoms with Crippen molar-refractivity contribution in [1.29, 1.82) is 0 Å². The molecule has 0 spiro atoms. The fourth-order valence-corrected chi connectivity index (χ4v) is 3.52. The molecule has 1 aromatic heterocycles. The van der Waals surface area contributed by atoms with Crippen molar-refractivity contribution >= 4 is 22.8 Å². The smallest absolute Gasteiger partial charge is 0.155 e. The van der Waals surface area contributed by atoms with Crippen LogP contribution >= 0.6 is 0 Å². The van der Waals surface area contributed by atoms with Crippen molar-refractivity contribution in [2.75, 3.05) is 19.1 Å². The second-order valence-electron chi connectivity index (χ2n) is 7.78. The zero-order valence-electron chi connectivity index (χ0n) is 21.1. The zero-order chi connectivity index (χ0) is 25.9. The van der Waals surface area contributed by atoms with Crippen LogP contribution in [0.1, 0.15) is 13.8 Å². The predicted octanol–water partition coefficient (Wildman–Crippen LogP) is 7.07. The summed E-state index contributed by atoms with van der Waals surface area (Å²) in [6.07, 6.45) is 2.91. The Bertz CT molecular complexity index is 1270. The number of ketones is 1. The van der Waals surface area contributed by atoms with Crippen molar-refractivity contribution < 1.29 is 39.5 Å². The first kappa shape index (κ1) is 29.3. The number of aliphatic hydroxyl groups excluding tert-OH is 1. The summed E-state index contributed by atoms with van der Waals surface area (Å²) in [6.45, 7) is 2.85. The largest absolute Gasteiger partial charge is 0.540 e. The Labute approximate surface area is 231 Å². The summed E-state index contributed by atoms with van der Waals surface area (Å²) in [4.78, 5) is 16.8. The fraction of sp³-hybridized carbons (Fsp3) is 0.133. The number of aromatic nitrogens is 1. The van der Waals surface area contributed by atoms with Crippen molar-refractivity contribution in [3.63, 3.8) is 0 Å². The van der Waals surface area contributed by atoms with Gasteiger partial charge >= 0.3 is 0 Å². The van der Waals surface area contributed by atoms with Crippen LogP contribution in [-0.4, -0.2) is 30.1 Å². The molecular formula is C30H29IrN2O4-. The molecule has 0 fully saturated rings. The summed E-state index contributed by atoms with van der Waals surface area (Å²) < 4.78 is 10.9. The Morgan fingerprint density at radius 3 is 1.92 bits per heavy atom. The maximum Gasteiger partial charge on any atom is 0.155 e. The Morgan fingerprint density at radius 2 is 1.46 bits per heavy atom. The van der Waals surface area contributed by atoms with E-state index in [1.807, 2.05) is 60.7 Å². The van der Waals surface area contributed by atoms with Crippen LogP contribution in [0.5, 0.6) is 11.5 Å². The molecule has 0 saturated carbocycles. The fourth-order valence-electron chi connectivity index (χ4n) is 3.52. The maximum atomic E-state index is 10.0. The number of anilines is 3. The van der Waals surface area contributed by atoms with Gasteiger partial charge in [0.25, 0.3) is 0 Å². The van der Waals surface area contributed by atoms with E-state index in [9.17, 15) is 4.79 Å². The van der Waals surface area contributed by atoms with Gasteiger partial charge in [0, 0.05) is 49.5 Å². The molecule has 4 rings (SSSR count). The summed E-state index contributed by atoms with van der Waals surface area (Å²) in [6, 6.07) is 31.4. The van der Waals surface area contributed by atoms with Crippen LogP contribution in [0.25, 0.3) is 11.3 Å². The molecule has 1 radical (unpaired) electrons. The number of aliphatic hydroxyl groups is 1. The number of hydrogen-bond donors (Lipinski definition) is 1. The van der Waals surface area contributed by atoms with Gasteiger partial charge in [-0.1, -0.05) is 42.5 Å². The normalized spacial score (nSPS) is 10.3. The molecule has 1 N–H and O–H groups in total. The molecule has 7 heteroatoms. The van der Waals surface area contributed by atoms with Crippen LogP contribution < -0.4 is 14.4 Å². The third-order valence-corrected chi connectivity index (χ3v) is 5.03. The Balaban J connectivity index is 0.000000532. The number of carbonyl (C=O) groups excluding carboxylic acids is 1. The number of pyridine rings is 1. The van der Waals surface area contributed by atoms with Crippen LogP contribution in [0, 0.1) is 6.07 Å². The van der Waals surface area contributed by atoms with Gasteiger partial charge in [0.05, 0.1) is 20.0 Å². The molecule has 0 saturated heterocycles. The minimum Gasteiger partial charge on any atom is -0.540 e. The van der Waals surface area contributed by atoms with Crippen LogP contribution in [0.15, 0.2) is 103 Å². The maximum absolute atomic E-state index is 10.0. The first-order chi connectivity index (χ1) is 17.4. The first-order valence-electron chi connectivity index (χ1n) is 11.3. The Kier molecular flexibility index (Phi) is 11.6. The molecule has 0 amide bonds. The number of para-hydroxylation sites is 2. The van der Waals surface area contributed by atoms with E-state index >= 15 is 0 Å². The monoisotopic (exact) mass is 674 g/mol. The second kappa shape index (κ2) is 14.6. The number of rotatable bonds is 7.